The van der Waals surface area contributed by atoms with E-state index in [0.717, 1.165) is 6.07 Å². The third-order valence-electron chi connectivity index (χ3n) is 3.84. The Balaban J connectivity index is 2.22. The lowest BCUT2D eigenvalue weighted by atomic mass is 10.0. The molecule has 25 heavy (non-hydrogen) atoms. The predicted molar refractivity (Wildman–Crippen MR) is 90.9 cm³/mol. The largest absolute Gasteiger partial charge is 0.451 e. The summed E-state index contributed by atoms with van der Waals surface area (Å²) in [7, 11) is 0. The van der Waals surface area contributed by atoms with Crippen molar-refractivity contribution in [1.29, 1.82) is 0 Å². The molecule has 0 unspecified atom stereocenters. The lowest BCUT2D eigenvalue weighted by Gasteiger charge is -2.12. The number of nitrogens with one attached hydrogen (secondary N) is 1. The molecule has 0 aliphatic rings. The summed E-state index contributed by atoms with van der Waals surface area (Å²) in [6, 6.07) is 3.53. The maximum absolute atomic E-state index is 13.8. The summed E-state index contributed by atoms with van der Waals surface area (Å²) in [5.41, 5.74) is 1.38. The van der Waals surface area contributed by atoms with Crippen LogP contribution in [0.1, 0.15) is 56.3 Å². The van der Waals surface area contributed by atoms with Gasteiger partial charge in [0.25, 0.3) is 0 Å². The molecule has 0 radical (unpaired) electrons. The van der Waals surface area contributed by atoms with Crippen LogP contribution in [-0.2, 0) is 4.74 Å². The molecule has 1 heterocycles. The topological polar surface area (TPSA) is 76.2 Å². The van der Waals surface area contributed by atoms with Crippen molar-refractivity contribution in [2.75, 3.05) is 0 Å². The van der Waals surface area contributed by atoms with Crippen molar-refractivity contribution < 1.29 is 23.5 Å². The van der Waals surface area contributed by atoms with Crippen molar-refractivity contribution in [3.63, 3.8) is 0 Å². The maximum atomic E-state index is 13.8. The number of benzene rings is 1. The molecule has 1 aromatic heterocycles. The van der Waals surface area contributed by atoms with Gasteiger partial charge in [-0.25, -0.2) is 9.18 Å². The molecule has 5 nitrogen and oxygen atoms in total. The second-order valence-electron chi connectivity index (χ2n) is 5.72. The number of aromatic amines is 1. The molecule has 2 aromatic rings. The highest BCUT2D eigenvalue weighted by atomic mass is 35.5. The van der Waals surface area contributed by atoms with Crippen LogP contribution in [0.4, 0.5) is 4.39 Å². The number of rotatable bonds is 5. The number of aryl methyl sites for hydroxylation is 1. The zero-order valence-electron chi connectivity index (χ0n) is 14.2. The minimum absolute atomic E-state index is 0.146. The molecular weight excluding hydrogens is 349 g/mol. The molecular formula is C18H17ClFNO4. The molecule has 2 rings (SSSR count). The Morgan fingerprint density at radius 2 is 1.88 bits per heavy atom. The third-order valence-corrected chi connectivity index (χ3v) is 4.08. The van der Waals surface area contributed by atoms with Crippen LogP contribution in [0.3, 0.4) is 0 Å². The molecule has 0 aliphatic heterocycles. The van der Waals surface area contributed by atoms with Gasteiger partial charge in [-0.1, -0.05) is 11.6 Å². The van der Waals surface area contributed by atoms with E-state index >= 15 is 0 Å². The van der Waals surface area contributed by atoms with Crippen molar-refractivity contribution >= 4 is 29.1 Å². The van der Waals surface area contributed by atoms with E-state index in [1.165, 1.54) is 26.0 Å². The number of carbonyl (C=O) groups excluding carboxylic acids is 3. The van der Waals surface area contributed by atoms with E-state index in [0.29, 0.717) is 16.8 Å². The van der Waals surface area contributed by atoms with Gasteiger partial charge < -0.3 is 9.72 Å². The van der Waals surface area contributed by atoms with E-state index in [4.69, 9.17) is 16.3 Å². The highest BCUT2D eigenvalue weighted by Crippen LogP contribution is 2.21. The van der Waals surface area contributed by atoms with Crippen LogP contribution in [0.2, 0.25) is 5.02 Å². The molecule has 0 saturated carbocycles. The quantitative estimate of drug-likeness (QED) is 0.640. The minimum atomic E-state index is -1.15. The molecule has 0 fully saturated rings. The summed E-state index contributed by atoms with van der Waals surface area (Å²) in [6.45, 7) is 6.11. The number of hydrogen-bond donors (Lipinski definition) is 1. The van der Waals surface area contributed by atoms with Crippen LogP contribution in [0.25, 0.3) is 0 Å². The SMILES string of the molecule is CC(=O)c1c(C)[nH]c(C(=O)[C@H](C)OC(=O)c2ccc(Cl)cc2F)c1C. The fourth-order valence-electron chi connectivity index (χ4n) is 2.66. The van der Waals surface area contributed by atoms with Gasteiger partial charge in [-0.3, -0.25) is 9.59 Å². The summed E-state index contributed by atoms with van der Waals surface area (Å²) in [6.07, 6.45) is -1.15. The zero-order valence-corrected chi connectivity index (χ0v) is 15.0. The Kier molecular flexibility index (Phi) is 5.42. The van der Waals surface area contributed by atoms with Gasteiger partial charge >= 0.3 is 5.97 Å². The Morgan fingerprint density at radius 1 is 1.24 bits per heavy atom. The zero-order chi connectivity index (χ0) is 18.9. The van der Waals surface area contributed by atoms with Crippen LogP contribution in [0.15, 0.2) is 18.2 Å². The van der Waals surface area contributed by atoms with Gasteiger partial charge in [0.05, 0.1) is 11.3 Å². The first-order valence-electron chi connectivity index (χ1n) is 7.53. The molecule has 132 valence electrons. The Labute approximate surface area is 149 Å². The summed E-state index contributed by atoms with van der Waals surface area (Å²) in [5, 5.41) is 0.146. The van der Waals surface area contributed by atoms with Crippen molar-refractivity contribution in [2.45, 2.75) is 33.8 Å². The average molecular weight is 366 g/mol. The molecule has 1 atom stereocenters. The number of hydrogen-bond acceptors (Lipinski definition) is 4. The van der Waals surface area contributed by atoms with E-state index in [9.17, 15) is 18.8 Å². The first kappa shape index (κ1) is 18.9. The number of esters is 1. The number of aromatic nitrogens is 1. The van der Waals surface area contributed by atoms with E-state index in [-0.39, 0.29) is 22.1 Å². The van der Waals surface area contributed by atoms with Gasteiger partial charge in [-0.15, -0.1) is 0 Å². The van der Waals surface area contributed by atoms with Crippen LogP contribution in [-0.4, -0.2) is 28.6 Å². The number of Topliss-reactive ketones (excluding diaryl/α,β-unsaturated/α-hetero) is 2. The molecule has 1 aromatic carbocycles. The molecule has 0 aliphatic carbocycles. The second-order valence-corrected chi connectivity index (χ2v) is 6.15. The van der Waals surface area contributed by atoms with Crippen molar-refractivity contribution in [3.05, 3.63) is 57.1 Å². The van der Waals surface area contributed by atoms with Crippen LogP contribution >= 0.6 is 11.6 Å². The molecule has 1 N–H and O–H groups in total. The molecule has 7 heteroatoms. The number of H-pyrrole nitrogens is 1. The number of carbonyl (C=O) groups is 3. The highest BCUT2D eigenvalue weighted by Gasteiger charge is 2.27. The first-order valence-corrected chi connectivity index (χ1v) is 7.91. The number of ketones is 2. The van der Waals surface area contributed by atoms with Gasteiger partial charge in [0, 0.05) is 16.3 Å². The van der Waals surface area contributed by atoms with Gasteiger partial charge in [-0.2, -0.15) is 0 Å². The first-order chi connectivity index (χ1) is 11.6. The Bertz CT molecular complexity index is 872. The minimum Gasteiger partial charge on any atom is -0.451 e. The van der Waals surface area contributed by atoms with Gasteiger partial charge in [0.1, 0.15) is 5.82 Å². The smallest absolute Gasteiger partial charge is 0.341 e. The van der Waals surface area contributed by atoms with Gasteiger partial charge in [0.15, 0.2) is 11.9 Å². The average Bonchev–Trinajstić information content (AvgIpc) is 2.80. The highest BCUT2D eigenvalue weighted by molar-refractivity contribution is 6.30. The van der Waals surface area contributed by atoms with Gasteiger partial charge in [0.2, 0.25) is 5.78 Å². The van der Waals surface area contributed by atoms with Crippen molar-refractivity contribution in [2.24, 2.45) is 0 Å². The van der Waals surface area contributed by atoms with Crippen LogP contribution < -0.4 is 0 Å². The maximum Gasteiger partial charge on any atom is 0.341 e. The molecule has 0 spiro atoms. The summed E-state index contributed by atoms with van der Waals surface area (Å²) in [5.74, 6) is -2.47. The van der Waals surface area contributed by atoms with Crippen molar-refractivity contribution in [1.82, 2.24) is 4.98 Å². The second kappa shape index (κ2) is 7.19. The normalized spacial score (nSPS) is 11.9. The standard InChI is InChI=1S/C18H17ClFNO4/c1-8-15(10(3)22)9(2)21-16(8)17(23)11(4)25-18(24)13-6-5-12(19)7-14(13)20/h5-7,11,21H,1-4H3/t11-/m0/s1. The van der Waals surface area contributed by atoms with Crippen LogP contribution in [0, 0.1) is 19.7 Å². The van der Waals surface area contributed by atoms with E-state index < -0.39 is 23.7 Å². The number of ether oxygens (including phenoxy) is 1. The molecule has 0 amide bonds. The lowest BCUT2D eigenvalue weighted by Crippen LogP contribution is -2.25. The molecule has 0 bridgehead atoms. The number of halogens is 2. The summed E-state index contributed by atoms with van der Waals surface area (Å²) in [4.78, 5) is 39.1. The van der Waals surface area contributed by atoms with Crippen LogP contribution in [0.5, 0.6) is 0 Å². The van der Waals surface area contributed by atoms with Gasteiger partial charge in [-0.05, 0) is 51.5 Å². The Hall–Kier alpha value is -2.47. The summed E-state index contributed by atoms with van der Waals surface area (Å²) >= 11 is 5.64. The van der Waals surface area contributed by atoms with Crippen molar-refractivity contribution in [3.8, 4) is 0 Å². The monoisotopic (exact) mass is 365 g/mol. The summed E-state index contributed by atoms with van der Waals surface area (Å²) < 4.78 is 18.8. The van der Waals surface area contributed by atoms with E-state index in [1.54, 1.807) is 13.8 Å². The molecule has 0 saturated heterocycles. The predicted octanol–water partition coefficient (Wildman–Crippen LogP) is 4.05. The third kappa shape index (κ3) is 3.79. The van der Waals surface area contributed by atoms with E-state index in [1.807, 2.05) is 0 Å². The Morgan fingerprint density at radius 3 is 2.40 bits per heavy atom. The fourth-order valence-corrected chi connectivity index (χ4v) is 2.82. The fraction of sp³-hybridized carbons (Fsp3) is 0.278. The van der Waals surface area contributed by atoms with E-state index in [2.05, 4.69) is 4.98 Å². The lowest BCUT2D eigenvalue weighted by molar-refractivity contribution is 0.0312.